The molecule has 0 aromatic heterocycles. The first-order chi connectivity index (χ1) is 22.1. The van der Waals surface area contributed by atoms with E-state index in [2.05, 4.69) is 27.4 Å². The lowest BCUT2D eigenvalue weighted by Crippen LogP contribution is -2.57. The molecular formula is C37H56N4O5. The molecule has 9 heteroatoms. The maximum atomic E-state index is 13.9. The summed E-state index contributed by atoms with van der Waals surface area (Å²) >= 11 is 0. The van der Waals surface area contributed by atoms with Crippen molar-refractivity contribution in [1.82, 2.24) is 20.4 Å². The number of nitrogens with one attached hydrogen (secondary N) is 2. The number of carbonyl (C=O) groups excluding carboxylic acids is 3. The van der Waals surface area contributed by atoms with Gasteiger partial charge in [-0.05, 0) is 62.6 Å². The van der Waals surface area contributed by atoms with Gasteiger partial charge in [0, 0.05) is 26.6 Å². The Balaban J connectivity index is 1.43. The van der Waals surface area contributed by atoms with Crippen LogP contribution in [0.3, 0.4) is 0 Å². The lowest BCUT2D eigenvalue weighted by Gasteiger charge is -2.33. The van der Waals surface area contributed by atoms with E-state index in [0.29, 0.717) is 31.7 Å². The highest BCUT2D eigenvalue weighted by Gasteiger charge is 2.38. The smallest absolute Gasteiger partial charge is 0.245 e. The van der Waals surface area contributed by atoms with Gasteiger partial charge in [0.25, 0.3) is 0 Å². The van der Waals surface area contributed by atoms with Crippen molar-refractivity contribution in [2.45, 2.75) is 109 Å². The van der Waals surface area contributed by atoms with E-state index < -0.39 is 42.0 Å². The maximum Gasteiger partial charge on any atom is 0.245 e. The van der Waals surface area contributed by atoms with Gasteiger partial charge in [0.05, 0.1) is 18.1 Å². The Bertz CT molecular complexity index is 1180. The van der Waals surface area contributed by atoms with Crippen LogP contribution < -0.4 is 10.6 Å². The quantitative estimate of drug-likeness (QED) is 0.184. The number of nitrogens with zero attached hydrogens (tertiary/aromatic N) is 2. The van der Waals surface area contributed by atoms with Gasteiger partial charge in [-0.2, -0.15) is 0 Å². The fourth-order valence-electron chi connectivity index (χ4n) is 6.96. The van der Waals surface area contributed by atoms with Crippen LogP contribution in [0.4, 0.5) is 0 Å². The van der Waals surface area contributed by atoms with E-state index in [0.717, 1.165) is 50.9 Å². The molecule has 5 atom stereocenters. The monoisotopic (exact) mass is 636 g/mol. The summed E-state index contributed by atoms with van der Waals surface area (Å²) < 4.78 is 0. The second-order valence-corrected chi connectivity index (χ2v) is 14.2. The van der Waals surface area contributed by atoms with Crippen LogP contribution in [0.2, 0.25) is 0 Å². The SMILES string of the molecule is CC(C)C[C@H](O)[C@H](O)[C@H](CC1CCCCC1)NC(=O)[C@@H](NC(=O)C(CC(=O)N(C)CCN1CCCC1)Cc1ccccc1)C1C#C1. The minimum Gasteiger partial charge on any atom is -0.390 e. The number of likely N-dealkylation sites (N-methyl/N-ethyl adjacent to an activating group) is 1. The Hall–Kier alpha value is -2.93. The Morgan fingerprint density at radius 1 is 0.957 bits per heavy atom. The molecule has 1 heterocycles. The van der Waals surface area contributed by atoms with E-state index >= 15 is 0 Å². The predicted molar refractivity (Wildman–Crippen MR) is 179 cm³/mol. The second kappa shape index (κ2) is 17.8. The first kappa shape index (κ1) is 35.9. The van der Waals surface area contributed by atoms with E-state index in [1.54, 1.807) is 11.9 Å². The number of carbonyl (C=O) groups is 3. The number of benzene rings is 1. The molecule has 4 rings (SSSR count). The highest BCUT2D eigenvalue weighted by molar-refractivity contribution is 5.92. The van der Waals surface area contributed by atoms with Crippen LogP contribution in [0.25, 0.3) is 0 Å². The zero-order valence-electron chi connectivity index (χ0n) is 28.1. The Morgan fingerprint density at radius 2 is 1.63 bits per heavy atom. The number of hydrogen-bond acceptors (Lipinski definition) is 6. The molecule has 1 saturated carbocycles. The molecule has 1 aliphatic heterocycles. The van der Waals surface area contributed by atoms with Crippen molar-refractivity contribution in [1.29, 1.82) is 0 Å². The van der Waals surface area contributed by atoms with Crippen molar-refractivity contribution in [3.63, 3.8) is 0 Å². The fourth-order valence-corrected chi connectivity index (χ4v) is 6.96. The average Bonchev–Trinajstić information content (AvgIpc) is 3.75. The van der Waals surface area contributed by atoms with Crippen LogP contribution >= 0.6 is 0 Å². The van der Waals surface area contributed by atoms with Crippen molar-refractivity contribution >= 4 is 17.7 Å². The van der Waals surface area contributed by atoms with Gasteiger partial charge in [0.1, 0.15) is 18.1 Å². The second-order valence-electron chi connectivity index (χ2n) is 14.2. The van der Waals surface area contributed by atoms with Crippen molar-refractivity contribution in [3.05, 3.63) is 35.9 Å². The minimum atomic E-state index is -1.12. The predicted octanol–water partition coefficient (Wildman–Crippen LogP) is 3.13. The van der Waals surface area contributed by atoms with Crippen molar-refractivity contribution in [2.75, 3.05) is 33.2 Å². The largest absolute Gasteiger partial charge is 0.390 e. The summed E-state index contributed by atoms with van der Waals surface area (Å²) in [7, 11) is 1.79. The van der Waals surface area contributed by atoms with Gasteiger partial charge in [-0.25, -0.2) is 0 Å². The summed E-state index contributed by atoms with van der Waals surface area (Å²) in [6, 6.07) is 8.01. The van der Waals surface area contributed by atoms with Gasteiger partial charge in [0.2, 0.25) is 17.7 Å². The standard InChI is InChI=1S/C37H56N4O5/c1-26(2)22-32(42)35(44)31(24-28-14-8-5-9-15-28)38-37(46)34(29-16-17-29)39-36(45)30(23-27-12-6-4-7-13-27)25-33(43)40(3)20-21-41-18-10-11-19-41/h4,6-7,12-13,26,28-32,34-35,42,44H,5,8-11,14-15,18-25H2,1-3H3,(H,38,46)(H,39,45)/t30?,31-,32-,34-,35+/m0/s1. The molecule has 9 nitrogen and oxygen atoms in total. The number of aliphatic hydroxyl groups is 2. The van der Waals surface area contributed by atoms with E-state index in [1.807, 2.05) is 44.2 Å². The Morgan fingerprint density at radius 3 is 2.26 bits per heavy atom. The summed E-state index contributed by atoms with van der Waals surface area (Å²) in [6.07, 6.45) is 7.19. The summed E-state index contributed by atoms with van der Waals surface area (Å²) in [5.41, 5.74) is 0.939. The summed E-state index contributed by atoms with van der Waals surface area (Å²) in [5.74, 6) is 4.34. The van der Waals surface area contributed by atoms with Crippen LogP contribution in [0.1, 0.15) is 83.6 Å². The number of hydrogen-bond donors (Lipinski definition) is 4. The Labute approximate surface area is 275 Å². The van der Waals surface area contributed by atoms with E-state index in [9.17, 15) is 24.6 Å². The highest BCUT2D eigenvalue weighted by atomic mass is 16.3. The molecule has 1 aromatic rings. The average molecular weight is 637 g/mol. The normalized spacial score (nSPS) is 20.2. The van der Waals surface area contributed by atoms with Crippen LogP contribution in [0, 0.1) is 35.5 Å². The molecule has 0 radical (unpaired) electrons. The molecule has 0 bridgehead atoms. The molecule has 3 aliphatic rings. The Kier molecular flexibility index (Phi) is 13.9. The van der Waals surface area contributed by atoms with Gasteiger partial charge < -0.3 is 30.6 Å². The van der Waals surface area contributed by atoms with Gasteiger partial charge in [0.15, 0.2) is 0 Å². The fraction of sp³-hybridized carbons (Fsp3) is 0.703. The summed E-state index contributed by atoms with van der Waals surface area (Å²) in [6.45, 7) is 7.52. The first-order valence-electron chi connectivity index (χ1n) is 17.6. The van der Waals surface area contributed by atoms with Crippen molar-refractivity contribution in [2.24, 2.45) is 23.7 Å². The zero-order valence-corrected chi connectivity index (χ0v) is 28.1. The zero-order chi connectivity index (χ0) is 33.1. The molecule has 3 amide bonds. The van der Waals surface area contributed by atoms with Crippen LogP contribution in [0.5, 0.6) is 0 Å². The maximum absolute atomic E-state index is 13.9. The van der Waals surface area contributed by atoms with E-state index in [-0.39, 0.29) is 24.2 Å². The molecule has 1 aromatic carbocycles. The van der Waals surface area contributed by atoms with E-state index in [4.69, 9.17) is 0 Å². The third kappa shape index (κ3) is 11.4. The van der Waals surface area contributed by atoms with Gasteiger partial charge in [-0.3, -0.25) is 14.4 Å². The molecule has 2 aliphatic carbocycles. The molecule has 1 unspecified atom stereocenters. The molecule has 1 saturated heterocycles. The molecule has 254 valence electrons. The lowest BCUT2D eigenvalue weighted by molar-refractivity contribution is -0.137. The lowest BCUT2D eigenvalue weighted by atomic mass is 9.82. The van der Waals surface area contributed by atoms with Gasteiger partial charge in [-0.15, -0.1) is 0 Å². The van der Waals surface area contributed by atoms with Crippen LogP contribution in [-0.4, -0.2) is 95.3 Å². The first-order valence-corrected chi connectivity index (χ1v) is 17.6. The number of aliphatic hydroxyl groups excluding tert-OH is 2. The minimum absolute atomic E-state index is 0.0293. The molecule has 2 fully saturated rings. The van der Waals surface area contributed by atoms with Crippen LogP contribution in [0.15, 0.2) is 30.3 Å². The number of rotatable bonds is 18. The van der Waals surface area contributed by atoms with Crippen LogP contribution in [-0.2, 0) is 20.8 Å². The van der Waals surface area contributed by atoms with E-state index in [1.165, 1.54) is 19.3 Å². The highest BCUT2D eigenvalue weighted by Crippen LogP contribution is 2.29. The summed E-state index contributed by atoms with van der Waals surface area (Å²) in [4.78, 5) is 45.1. The molecule has 0 spiro atoms. The molecule has 4 N–H and O–H groups in total. The van der Waals surface area contributed by atoms with Crippen molar-refractivity contribution in [3.8, 4) is 11.8 Å². The van der Waals surface area contributed by atoms with Gasteiger partial charge >= 0.3 is 0 Å². The van der Waals surface area contributed by atoms with Crippen molar-refractivity contribution < 1.29 is 24.6 Å². The third-order valence-corrected chi connectivity index (χ3v) is 9.88. The summed E-state index contributed by atoms with van der Waals surface area (Å²) in [5, 5.41) is 28.0. The number of likely N-dealkylation sites (tertiary alicyclic amines) is 1. The molecular weight excluding hydrogens is 580 g/mol. The third-order valence-electron chi connectivity index (χ3n) is 9.88. The van der Waals surface area contributed by atoms with Gasteiger partial charge in [-0.1, -0.05) is 88.1 Å². The number of amides is 3. The molecule has 46 heavy (non-hydrogen) atoms. The topological polar surface area (TPSA) is 122 Å².